The van der Waals surface area contributed by atoms with Crippen molar-refractivity contribution < 1.29 is 9.59 Å². The Balaban J connectivity index is 1.33. The lowest BCUT2D eigenvalue weighted by Crippen LogP contribution is -2.34. The first-order valence-corrected chi connectivity index (χ1v) is 11.5. The Morgan fingerprint density at radius 1 is 1.17 bits per heavy atom. The van der Waals surface area contributed by atoms with Gasteiger partial charge in [-0.05, 0) is 64.8 Å². The predicted octanol–water partition coefficient (Wildman–Crippen LogP) is 3.41. The molecule has 0 saturated carbocycles. The van der Waals surface area contributed by atoms with Gasteiger partial charge in [-0.15, -0.1) is 10.2 Å². The minimum absolute atomic E-state index is 0.0745. The van der Waals surface area contributed by atoms with Crippen LogP contribution in [0, 0.1) is 6.92 Å². The number of hydrogen-bond acceptors (Lipinski definition) is 6. The molecule has 0 spiro atoms. The topological polar surface area (TPSA) is 87.2 Å². The van der Waals surface area contributed by atoms with Crippen molar-refractivity contribution in [2.75, 3.05) is 25.0 Å². The number of rotatable bonds is 10. The van der Waals surface area contributed by atoms with Crippen molar-refractivity contribution in [1.82, 2.24) is 20.4 Å². The van der Waals surface area contributed by atoms with E-state index in [1.54, 1.807) is 0 Å². The van der Waals surface area contributed by atoms with Gasteiger partial charge in [-0.25, -0.2) is 0 Å². The maximum atomic E-state index is 12.3. The molecule has 1 atom stereocenters. The summed E-state index contributed by atoms with van der Waals surface area (Å²) in [5.41, 5.74) is 1.87. The maximum Gasteiger partial charge on any atom is 0.286 e. The van der Waals surface area contributed by atoms with Gasteiger partial charge in [-0.1, -0.05) is 29.0 Å². The van der Waals surface area contributed by atoms with Crippen LogP contribution >= 0.6 is 11.3 Å². The molecular formula is C22H31N5O2S. The van der Waals surface area contributed by atoms with E-state index in [-0.39, 0.29) is 11.8 Å². The molecule has 3 rings (SSSR count). The molecule has 1 aliphatic rings. The molecule has 2 N–H and O–H groups in total. The molecule has 30 heavy (non-hydrogen) atoms. The number of carbonyl (C=O) groups excluding carboxylic acids is 2. The highest BCUT2D eigenvalue weighted by molar-refractivity contribution is 7.13. The summed E-state index contributed by atoms with van der Waals surface area (Å²) in [5.74, 6) is -0.182. The van der Waals surface area contributed by atoms with E-state index in [2.05, 4.69) is 32.7 Å². The molecule has 1 saturated heterocycles. The number of benzene rings is 1. The van der Waals surface area contributed by atoms with Crippen LogP contribution in [0.5, 0.6) is 0 Å². The highest BCUT2D eigenvalue weighted by atomic mass is 32.1. The summed E-state index contributed by atoms with van der Waals surface area (Å²) in [6, 6.07) is 8.14. The molecule has 0 unspecified atom stereocenters. The zero-order valence-corrected chi connectivity index (χ0v) is 18.6. The maximum absolute atomic E-state index is 12.3. The zero-order chi connectivity index (χ0) is 21.3. The third-order valence-electron chi connectivity index (χ3n) is 5.41. The highest BCUT2D eigenvalue weighted by Gasteiger charge is 2.18. The summed E-state index contributed by atoms with van der Waals surface area (Å²) in [5, 5.41) is 15.0. The smallest absolute Gasteiger partial charge is 0.286 e. The van der Waals surface area contributed by atoms with E-state index >= 15 is 0 Å². The Morgan fingerprint density at radius 3 is 2.63 bits per heavy atom. The summed E-state index contributed by atoms with van der Waals surface area (Å²) in [6.45, 7) is 7.32. The normalized spacial score (nSPS) is 15.1. The number of aryl methyl sites for hydroxylation is 2. The van der Waals surface area contributed by atoms with Gasteiger partial charge in [0.05, 0.1) is 0 Å². The van der Waals surface area contributed by atoms with Crippen LogP contribution in [-0.2, 0) is 11.2 Å². The Hall–Kier alpha value is -2.32. The van der Waals surface area contributed by atoms with E-state index in [1.165, 1.54) is 37.3 Å². The van der Waals surface area contributed by atoms with Crippen LogP contribution in [0.4, 0.5) is 5.69 Å². The molecule has 7 nitrogen and oxygen atoms in total. The average molecular weight is 430 g/mol. The third-order valence-corrected chi connectivity index (χ3v) is 6.40. The first-order chi connectivity index (χ1) is 14.5. The van der Waals surface area contributed by atoms with Gasteiger partial charge in [0.25, 0.3) is 5.91 Å². The van der Waals surface area contributed by atoms with Crippen molar-refractivity contribution in [3.05, 3.63) is 39.8 Å². The van der Waals surface area contributed by atoms with E-state index in [9.17, 15) is 9.59 Å². The second-order valence-corrected chi connectivity index (χ2v) is 8.97. The van der Waals surface area contributed by atoms with Gasteiger partial charge in [0.1, 0.15) is 5.01 Å². The molecule has 1 aromatic carbocycles. The van der Waals surface area contributed by atoms with Crippen LogP contribution < -0.4 is 10.6 Å². The molecule has 0 bridgehead atoms. The zero-order valence-electron chi connectivity index (χ0n) is 17.8. The summed E-state index contributed by atoms with van der Waals surface area (Å²) >= 11 is 1.28. The Kier molecular flexibility index (Phi) is 8.33. The van der Waals surface area contributed by atoms with Gasteiger partial charge in [0.2, 0.25) is 10.9 Å². The number of carbonyl (C=O) groups is 2. The number of nitrogens with zero attached hydrogens (tertiary/aromatic N) is 3. The van der Waals surface area contributed by atoms with Crippen molar-refractivity contribution in [3.8, 4) is 0 Å². The second kappa shape index (κ2) is 11.2. The summed E-state index contributed by atoms with van der Waals surface area (Å²) in [7, 11) is 0. The van der Waals surface area contributed by atoms with E-state index in [0.717, 1.165) is 29.2 Å². The Bertz CT molecular complexity index is 830. The number of anilines is 1. The monoisotopic (exact) mass is 429 g/mol. The fraction of sp³-hybridized carbons (Fsp3) is 0.545. The molecule has 0 radical (unpaired) electrons. The fourth-order valence-electron chi connectivity index (χ4n) is 3.54. The molecule has 1 aromatic heterocycles. The molecule has 2 aromatic rings. The lowest BCUT2D eigenvalue weighted by atomic mass is 10.2. The average Bonchev–Trinajstić information content (AvgIpc) is 3.42. The first kappa shape index (κ1) is 22.4. The van der Waals surface area contributed by atoms with Crippen molar-refractivity contribution in [2.24, 2.45) is 0 Å². The number of amides is 2. The summed E-state index contributed by atoms with van der Waals surface area (Å²) in [4.78, 5) is 26.8. The van der Waals surface area contributed by atoms with E-state index < -0.39 is 0 Å². The Morgan fingerprint density at radius 2 is 1.90 bits per heavy atom. The lowest BCUT2D eigenvalue weighted by Gasteiger charge is -2.23. The predicted molar refractivity (Wildman–Crippen MR) is 120 cm³/mol. The van der Waals surface area contributed by atoms with E-state index in [0.29, 0.717) is 30.3 Å². The molecule has 2 amide bonds. The number of hydrogen-bond donors (Lipinski definition) is 2. The van der Waals surface area contributed by atoms with Crippen molar-refractivity contribution in [3.63, 3.8) is 0 Å². The van der Waals surface area contributed by atoms with Crippen molar-refractivity contribution >= 4 is 28.8 Å². The highest BCUT2D eigenvalue weighted by Crippen LogP contribution is 2.16. The van der Waals surface area contributed by atoms with Gasteiger partial charge in [0, 0.05) is 31.1 Å². The van der Waals surface area contributed by atoms with Crippen LogP contribution in [0.1, 0.15) is 59.4 Å². The first-order valence-electron chi connectivity index (χ1n) is 10.7. The van der Waals surface area contributed by atoms with Crippen molar-refractivity contribution in [1.29, 1.82) is 0 Å². The molecule has 2 heterocycles. The summed E-state index contributed by atoms with van der Waals surface area (Å²) < 4.78 is 0. The summed E-state index contributed by atoms with van der Waals surface area (Å²) in [6.07, 6.45) is 5.37. The van der Waals surface area contributed by atoms with Crippen molar-refractivity contribution in [2.45, 2.75) is 58.4 Å². The van der Waals surface area contributed by atoms with E-state index in [1.807, 2.05) is 31.2 Å². The molecule has 0 aliphatic carbocycles. The minimum atomic E-state index is -0.257. The number of likely N-dealkylation sites (tertiary alicyclic amines) is 1. The molecule has 1 aliphatic heterocycles. The quantitative estimate of drug-likeness (QED) is 0.604. The van der Waals surface area contributed by atoms with Gasteiger partial charge < -0.3 is 15.5 Å². The van der Waals surface area contributed by atoms with Crippen LogP contribution in [0.25, 0.3) is 0 Å². The third kappa shape index (κ3) is 6.88. The van der Waals surface area contributed by atoms with E-state index in [4.69, 9.17) is 0 Å². The van der Waals surface area contributed by atoms with Crippen LogP contribution in [0.3, 0.4) is 0 Å². The Labute approximate surface area is 182 Å². The van der Waals surface area contributed by atoms with Crippen LogP contribution in [0.2, 0.25) is 0 Å². The van der Waals surface area contributed by atoms with Gasteiger partial charge in [0.15, 0.2) is 0 Å². The molecule has 162 valence electrons. The SMILES string of the molecule is Cc1ccc(NC(=O)c2nnc(CCCC(=O)NCC[C@H](C)N3CCCC3)s2)cc1. The number of nitrogens with one attached hydrogen (secondary N) is 2. The standard InChI is InChI=1S/C22H31N5O2S/c1-16-8-10-18(11-9-16)24-21(29)22-26-25-20(30-22)7-5-6-19(28)23-13-12-17(2)27-14-3-4-15-27/h8-11,17H,3-7,12-15H2,1-2H3,(H,23,28)(H,24,29)/t17-/m0/s1. The van der Waals surface area contributed by atoms with Crippen LogP contribution in [-0.4, -0.2) is 52.6 Å². The largest absolute Gasteiger partial charge is 0.356 e. The van der Waals surface area contributed by atoms with Crippen LogP contribution in [0.15, 0.2) is 24.3 Å². The number of aromatic nitrogens is 2. The van der Waals surface area contributed by atoms with Gasteiger partial charge >= 0.3 is 0 Å². The second-order valence-electron chi connectivity index (χ2n) is 7.91. The molecule has 8 heteroatoms. The minimum Gasteiger partial charge on any atom is -0.356 e. The van der Waals surface area contributed by atoms with Gasteiger partial charge in [-0.3, -0.25) is 9.59 Å². The lowest BCUT2D eigenvalue weighted by molar-refractivity contribution is -0.121. The molecular weight excluding hydrogens is 398 g/mol. The molecule has 1 fully saturated rings. The fourth-order valence-corrected chi connectivity index (χ4v) is 4.32. The van der Waals surface area contributed by atoms with Gasteiger partial charge in [-0.2, -0.15) is 0 Å².